The fraction of sp³-hybridized carbons (Fsp3) is 0.286. The van der Waals surface area contributed by atoms with Crippen LogP contribution in [0, 0.1) is 0 Å². The summed E-state index contributed by atoms with van der Waals surface area (Å²) < 4.78 is 1.48. The number of halogens is 1. The van der Waals surface area contributed by atoms with Gasteiger partial charge in [-0.1, -0.05) is 11.6 Å². The molecule has 21 heavy (non-hydrogen) atoms. The van der Waals surface area contributed by atoms with E-state index in [1.807, 2.05) is 13.8 Å². The predicted octanol–water partition coefficient (Wildman–Crippen LogP) is 1.84. The van der Waals surface area contributed by atoms with Crippen LogP contribution in [0.25, 0.3) is 0 Å². The fourth-order valence-corrected chi connectivity index (χ4v) is 2.66. The number of rotatable bonds is 2. The maximum Gasteiger partial charge on any atom is 0.330 e. The van der Waals surface area contributed by atoms with Gasteiger partial charge in [0, 0.05) is 24.2 Å². The molecule has 7 heteroatoms. The smallest absolute Gasteiger partial charge is 0.275 e. The van der Waals surface area contributed by atoms with Crippen LogP contribution < -0.4 is 11.2 Å². The maximum atomic E-state index is 12.0. The molecule has 0 fully saturated rings. The molecule has 0 unspecified atom stereocenters. The number of aromatic nitrogens is 3. The van der Waals surface area contributed by atoms with Crippen molar-refractivity contribution in [2.45, 2.75) is 26.3 Å². The lowest BCUT2D eigenvalue weighted by molar-refractivity contribution is 0.565. The molecule has 0 bridgehead atoms. The summed E-state index contributed by atoms with van der Waals surface area (Å²) in [4.78, 5) is 34.7. The Morgan fingerprint density at radius 3 is 2.81 bits per heavy atom. The van der Waals surface area contributed by atoms with E-state index in [1.165, 1.54) is 4.57 Å². The highest BCUT2D eigenvalue weighted by Gasteiger charge is 2.25. The Kier molecular flexibility index (Phi) is 3.25. The SMILES string of the molecule is CC(C)n1c2c(c(=O)[nH]c1=O)CC(c1cccnc1Cl)=N2. The molecule has 0 aromatic carbocycles. The Bertz CT molecular complexity index is 864. The van der Waals surface area contributed by atoms with Crippen LogP contribution in [0.5, 0.6) is 0 Å². The molecule has 0 saturated carbocycles. The average Bonchev–Trinajstić information content (AvgIpc) is 2.83. The Labute approximate surface area is 125 Å². The van der Waals surface area contributed by atoms with Gasteiger partial charge in [-0.25, -0.2) is 14.8 Å². The Morgan fingerprint density at radius 1 is 1.38 bits per heavy atom. The van der Waals surface area contributed by atoms with Crippen molar-refractivity contribution in [1.29, 1.82) is 0 Å². The molecule has 2 aromatic rings. The zero-order chi connectivity index (χ0) is 15.1. The van der Waals surface area contributed by atoms with Crippen molar-refractivity contribution in [3.63, 3.8) is 0 Å². The van der Waals surface area contributed by atoms with Gasteiger partial charge in [0.2, 0.25) is 0 Å². The summed E-state index contributed by atoms with van der Waals surface area (Å²) in [7, 11) is 0. The van der Waals surface area contributed by atoms with E-state index in [0.29, 0.717) is 34.2 Å². The average molecular weight is 305 g/mol. The number of nitrogens with zero attached hydrogens (tertiary/aromatic N) is 3. The monoisotopic (exact) mass is 304 g/mol. The first-order valence-electron chi connectivity index (χ1n) is 6.55. The number of hydrogen-bond acceptors (Lipinski definition) is 4. The Morgan fingerprint density at radius 2 is 2.14 bits per heavy atom. The summed E-state index contributed by atoms with van der Waals surface area (Å²) in [6, 6.07) is 3.45. The van der Waals surface area contributed by atoms with Crippen molar-refractivity contribution in [2.24, 2.45) is 4.99 Å². The van der Waals surface area contributed by atoms with Crippen molar-refractivity contribution in [3.05, 3.63) is 55.4 Å². The zero-order valence-electron chi connectivity index (χ0n) is 11.6. The zero-order valence-corrected chi connectivity index (χ0v) is 12.3. The van der Waals surface area contributed by atoms with Crippen LogP contribution in [0.2, 0.25) is 5.15 Å². The van der Waals surface area contributed by atoms with Gasteiger partial charge in [-0.2, -0.15) is 0 Å². The minimum Gasteiger partial charge on any atom is -0.275 e. The highest BCUT2D eigenvalue weighted by atomic mass is 35.5. The third-order valence-electron chi connectivity index (χ3n) is 3.38. The quantitative estimate of drug-likeness (QED) is 0.860. The highest BCUT2D eigenvalue weighted by molar-refractivity contribution is 6.33. The van der Waals surface area contributed by atoms with E-state index in [9.17, 15) is 9.59 Å². The number of nitrogens with one attached hydrogen (secondary N) is 1. The largest absolute Gasteiger partial charge is 0.330 e. The van der Waals surface area contributed by atoms with Crippen LogP contribution in [0.3, 0.4) is 0 Å². The van der Waals surface area contributed by atoms with Gasteiger partial charge < -0.3 is 0 Å². The number of hydrogen-bond donors (Lipinski definition) is 1. The van der Waals surface area contributed by atoms with Crippen LogP contribution >= 0.6 is 11.6 Å². The van der Waals surface area contributed by atoms with E-state index in [-0.39, 0.29) is 6.04 Å². The first kappa shape index (κ1) is 13.8. The van der Waals surface area contributed by atoms with Crippen molar-refractivity contribution in [1.82, 2.24) is 14.5 Å². The summed E-state index contributed by atoms with van der Waals surface area (Å²) in [5, 5.41) is 0.332. The molecule has 108 valence electrons. The second-order valence-electron chi connectivity index (χ2n) is 5.10. The molecule has 0 spiro atoms. The number of aliphatic imine (C=N–C) groups is 1. The lowest BCUT2D eigenvalue weighted by Gasteiger charge is -2.12. The van der Waals surface area contributed by atoms with Gasteiger partial charge >= 0.3 is 5.69 Å². The van der Waals surface area contributed by atoms with E-state index < -0.39 is 11.2 Å². The first-order valence-corrected chi connectivity index (χ1v) is 6.93. The normalized spacial score (nSPS) is 13.4. The van der Waals surface area contributed by atoms with Gasteiger partial charge in [0.05, 0.1) is 11.3 Å². The summed E-state index contributed by atoms with van der Waals surface area (Å²) in [6.45, 7) is 3.73. The molecule has 6 nitrogen and oxygen atoms in total. The van der Waals surface area contributed by atoms with Gasteiger partial charge in [-0.05, 0) is 26.0 Å². The van der Waals surface area contributed by atoms with E-state index in [0.717, 1.165) is 0 Å². The first-order chi connectivity index (χ1) is 9.99. The standard InChI is InChI=1S/C14H13ClN4O2/c1-7(2)19-12-9(13(20)18-14(19)21)6-10(17-12)8-4-3-5-16-11(8)15/h3-5,7H,6H2,1-2H3,(H,18,20,21). The minimum atomic E-state index is -0.448. The van der Waals surface area contributed by atoms with Crippen LogP contribution in [0.4, 0.5) is 5.82 Å². The fourth-order valence-electron chi connectivity index (χ4n) is 2.43. The van der Waals surface area contributed by atoms with Crippen molar-refractivity contribution < 1.29 is 0 Å². The van der Waals surface area contributed by atoms with E-state index >= 15 is 0 Å². The molecule has 0 aliphatic carbocycles. The number of aromatic amines is 1. The third kappa shape index (κ3) is 2.21. The summed E-state index contributed by atoms with van der Waals surface area (Å²) in [6.07, 6.45) is 1.93. The van der Waals surface area contributed by atoms with Crippen molar-refractivity contribution >= 4 is 23.1 Å². The third-order valence-corrected chi connectivity index (χ3v) is 3.68. The molecule has 0 amide bonds. The predicted molar refractivity (Wildman–Crippen MR) is 80.9 cm³/mol. The molecule has 0 atom stereocenters. The molecule has 1 N–H and O–H groups in total. The molecule has 0 radical (unpaired) electrons. The lowest BCUT2D eigenvalue weighted by Crippen LogP contribution is -2.32. The van der Waals surface area contributed by atoms with Gasteiger partial charge in [-0.3, -0.25) is 14.3 Å². The minimum absolute atomic E-state index is 0.101. The molecule has 1 aliphatic rings. The summed E-state index contributed by atoms with van der Waals surface area (Å²) in [5.41, 5.74) is 0.964. The number of H-pyrrole nitrogens is 1. The van der Waals surface area contributed by atoms with Crippen LogP contribution in [-0.4, -0.2) is 20.2 Å². The summed E-state index contributed by atoms with van der Waals surface area (Å²) >= 11 is 6.07. The molecule has 3 rings (SSSR count). The Hall–Kier alpha value is -2.21. The molecule has 1 aliphatic heterocycles. The van der Waals surface area contributed by atoms with Gasteiger partial charge in [0.15, 0.2) is 0 Å². The van der Waals surface area contributed by atoms with Crippen LogP contribution in [0.15, 0.2) is 32.9 Å². The van der Waals surface area contributed by atoms with Gasteiger partial charge in [0.1, 0.15) is 11.0 Å². The molecule has 0 saturated heterocycles. The number of fused-ring (bicyclic) bond motifs is 1. The van der Waals surface area contributed by atoms with Crippen LogP contribution in [0.1, 0.15) is 31.0 Å². The second kappa shape index (κ2) is 4.96. The lowest BCUT2D eigenvalue weighted by atomic mass is 10.1. The maximum absolute atomic E-state index is 12.0. The molecular formula is C14H13ClN4O2. The Balaban J connectivity index is 2.22. The van der Waals surface area contributed by atoms with Crippen molar-refractivity contribution in [2.75, 3.05) is 0 Å². The topological polar surface area (TPSA) is 80.1 Å². The van der Waals surface area contributed by atoms with E-state index in [4.69, 9.17) is 11.6 Å². The van der Waals surface area contributed by atoms with E-state index in [2.05, 4.69) is 15.0 Å². The molecular weight excluding hydrogens is 292 g/mol. The van der Waals surface area contributed by atoms with E-state index in [1.54, 1.807) is 18.3 Å². The second-order valence-corrected chi connectivity index (χ2v) is 5.46. The van der Waals surface area contributed by atoms with Crippen molar-refractivity contribution in [3.8, 4) is 0 Å². The highest BCUT2D eigenvalue weighted by Crippen LogP contribution is 2.28. The molecule has 3 heterocycles. The van der Waals surface area contributed by atoms with Gasteiger partial charge in [-0.15, -0.1) is 0 Å². The molecule has 2 aromatic heterocycles. The van der Waals surface area contributed by atoms with Gasteiger partial charge in [0.25, 0.3) is 5.56 Å². The summed E-state index contributed by atoms with van der Waals surface area (Å²) in [5.74, 6) is 0.411. The number of pyridine rings is 1. The van der Waals surface area contributed by atoms with Crippen LogP contribution in [-0.2, 0) is 6.42 Å².